The quantitative estimate of drug-likeness (QED) is 0.848. The molecule has 2 aromatic heterocycles. The van der Waals surface area contributed by atoms with Gasteiger partial charge in [-0.25, -0.2) is 0 Å². The molecule has 2 aromatic rings. The summed E-state index contributed by atoms with van der Waals surface area (Å²) in [6.07, 6.45) is 3.35. The summed E-state index contributed by atoms with van der Waals surface area (Å²) >= 11 is 1.65. The summed E-state index contributed by atoms with van der Waals surface area (Å²) in [7, 11) is 0. The standard InChI is InChI=1S/C16H23N5OS/c1-11(15-20-19-14-7-3-4-8-21(14)15)18-12(2)16(22)17-10-13-6-5-9-23-13/h5-6,9,11-12,18H,3-4,7-8,10H2,1-2H3,(H,17,22)/t11-,12+/m1/s1. The minimum absolute atomic E-state index is 0.00293. The number of rotatable bonds is 6. The molecule has 2 atom stereocenters. The maximum absolute atomic E-state index is 12.2. The van der Waals surface area contributed by atoms with E-state index in [1.54, 1.807) is 11.3 Å². The van der Waals surface area contributed by atoms with Gasteiger partial charge in [-0.2, -0.15) is 0 Å². The Kier molecular flexibility index (Phi) is 5.07. The number of hydrogen-bond acceptors (Lipinski definition) is 5. The van der Waals surface area contributed by atoms with Gasteiger partial charge in [-0.3, -0.25) is 10.1 Å². The van der Waals surface area contributed by atoms with Crippen LogP contribution in [0.2, 0.25) is 0 Å². The lowest BCUT2D eigenvalue weighted by Crippen LogP contribution is -2.43. The van der Waals surface area contributed by atoms with E-state index in [9.17, 15) is 4.79 Å². The van der Waals surface area contributed by atoms with E-state index in [4.69, 9.17) is 0 Å². The van der Waals surface area contributed by atoms with E-state index in [-0.39, 0.29) is 18.0 Å². The number of nitrogens with zero attached hydrogens (tertiary/aromatic N) is 3. The average Bonchev–Trinajstić information content (AvgIpc) is 3.21. The fraction of sp³-hybridized carbons (Fsp3) is 0.562. The first-order valence-corrected chi connectivity index (χ1v) is 9.01. The number of carbonyl (C=O) groups is 1. The number of nitrogens with one attached hydrogen (secondary N) is 2. The van der Waals surface area contributed by atoms with Gasteiger partial charge >= 0.3 is 0 Å². The van der Waals surface area contributed by atoms with E-state index < -0.39 is 0 Å². The monoisotopic (exact) mass is 333 g/mol. The highest BCUT2D eigenvalue weighted by molar-refractivity contribution is 7.09. The number of aromatic nitrogens is 3. The smallest absolute Gasteiger partial charge is 0.237 e. The molecular formula is C16H23N5OS. The Morgan fingerprint density at radius 3 is 3.04 bits per heavy atom. The predicted molar refractivity (Wildman–Crippen MR) is 90.1 cm³/mol. The summed E-state index contributed by atoms with van der Waals surface area (Å²) in [6, 6.07) is 3.73. The van der Waals surface area contributed by atoms with Crippen molar-refractivity contribution in [2.75, 3.05) is 0 Å². The Labute approximate surface area is 140 Å². The number of carbonyl (C=O) groups excluding carboxylic acids is 1. The van der Waals surface area contributed by atoms with Gasteiger partial charge in [-0.05, 0) is 38.1 Å². The van der Waals surface area contributed by atoms with Crippen molar-refractivity contribution in [2.45, 2.75) is 58.3 Å². The first kappa shape index (κ1) is 16.1. The maximum atomic E-state index is 12.2. The lowest BCUT2D eigenvalue weighted by molar-refractivity contribution is -0.123. The molecule has 6 nitrogen and oxygen atoms in total. The van der Waals surface area contributed by atoms with Crippen LogP contribution in [0.1, 0.15) is 49.3 Å². The third-order valence-electron chi connectivity index (χ3n) is 4.19. The molecule has 3 heterocycles. The van der Waals surface area contributed by atoms with Crippen LogP contribution in [-0.4, -0.2) is 26.7 Å². The van der Waals surface area contributed by atoms with Crippen LogP contribution in [0, 0.1) is 0 Å². The summed E-state index contributed by atoms with van der Waals surface area (Å²) < 4.78 is 2.19. The van der Waals surface area contributed by atoms with Crippen LogP contribution < -0.4 is 10.6 Å². The summed E-state index contributed by atoms with van der Waals surface area (Å²) in [5, 5.41) is 16.9. The minimum atomic E-state index is -0.276. The zero-order valence-electron chi connectivity index (χ0n) is 13.6. The molecule has 3 rings (SSSR count). The van der Waals surface area contributed by atoms with Gasteiger partial charge in [0.25, 0.3) is 0 Å². The van der Waals surface area contributed by atoms with Crippen molar-refractivity contribution in [2.24, 2.45) is 0 Å². The van der Waals surface area contributed by atoms with Gasteiger partial charge in [0.05, 0.1) is 18.6 Å². The Bertz CT molecular complexity index is 651. The molecule has 0 saturated carbocycles. The van der Waals surface area contributed by atoms with Crippen molar-refractivity contribution in [3.63, 3.8) is 0 Å². The molecular weight excluding hydrogens is 310 g/mol. The van der Waals surface area contributed by atoms with Gasteiger partial charge in [0.1, 0.15) is 11.6 Å². The molecule has 0 aliphatic carbocycles. The molecule has 0 spiro atoms. The highest BCUT2D eigenvalue weighted by Crippen LogP contribution is 2.19. The second-order valence-corrected chi connectivity index (χ2v) is 7.02. The van der Waals surface area contributed by atoms with Crippen LogP contribution in [0.25, 0.3) is 0 Å². The SMILES string of the molecule is C[C@H](N[C@H](C)c1nnc2n1CCCC2)C(=O)NCc1cccs1. The minimum Gasteiger partial charge on any atom is -0.350 e. The molecule has 1 amide bonds. The third kappa shape index (κ3) is 3.79. The summed E-state index contributed by atoms with van der Waals surface area (Å²) in [6.45, 7) is 5.47. The van der Waals surface area contributed by atoms with Gasteiger partial charge in [-0.1, -0.05) is 6.07 Å². The fourth-order valence-corrected chi connectivity index (χ4v) is 3.56. The van der Waals surface area contributed by atoms with Crippen molar-refractivity contribution in [1.82, 2.24) is 25.4 Å². The van der Waals surface area contributed by atoms with Gasteiger partial charge in [-0.15, -0.1) is 21.5 Å². The molecule has 1 aliphatic heterocycles. The van der Waals surface area contributed by atoms with Gasteiger partial charge in [0.2, 0.25) is 5.91 Å². The first-order valence-electron chi connectivity index (χ1n) is 8.13. The normalized spacial score (nSPS) is 16.6. The maximum Gasteiger partial charge on any atom is 0.237 e. The molecule has 0 unspecified atom stereocenters. The van der Waals surface area contributed by atoms with Crippen molar-refractivity contribution >= 4 is 17.2 Å². The van der Waals surface area contributed by atoms with Crippen LogP contribution in [0.15, 0.2) is 17.5 Å². The Morgan fingerprint density at radius 2 is 2.26 bits per heavy atom. The van der Waals surface area contributed by atoms with Crippen molar-refractivity contribution in [3.8, 4) is 0 Å². The van der Waals surface area contributed by atoms with Crippen molar-refractivity contribution in [1.29, 1.82) is 0 Å². The molecule has 0 aromatic carbocycles. The van der Waals surface area contributed by atoms with Crippen LogP contribution in [0.5, 0.6) is 0 Å². The molecule has 0 saturated heterocycles. The Hall–Kier alpha value is -1.73. The molecule has 0 radical (unpaired) electrons. The lowest BCUT2D eigenvalue weighted by Gasteiger charge is -2.21. The first-order chi connectivity index (χ1) is 11.1. The number of fused-ring (bicyclic) bond motifs is 1. The second-order valence-electron chi connectivity index (χ2n) is 5.99. The van der Waals surface area contributed by atoms with Crippen LogP contribution in [0.4, 0.5) is 0 Å². The Morgan fingerprint density at radius 1 is 1.39 bits per heavy atom. The van der Waals surface area contributed by atoms with E-state index in [1.807, 2.05) is 31.4 Å². The molecule has 0 bridgehead atoms. The topological polar surface area (TPSA) is 71.8 Å². The van der Waals surface area contributed by atoms with Crippen LogP contribution >= 0.6 is 11.3 Å². The van der Waals surface area contributed by atoms with E-state index in [2.05, 4.69) is 25.4 Å². The number of thiophene rings is 1. The molecule has 2 N–H and O–H groups in total. The van der Waals surface area contributed by atoms with Crippen molar-refractivity contribution < 1.29 is 4.79 Å². The number of aryl methyl sites for hydroxylation is 1. The zero-order valence-corrected chi connectivity index (χ0v) is 14.4. The van der Waals surface area contributed by atoms with Gasteiger partial charge in [0.15, 0.2) is 0 Å². The summed E-state index contributed by atoms with van der Waals surface area (Å²) in [5.41, 5.74) is 0. The van der Waals surface area contributed by atoms with E-state index in [1.165, 1.54) is 12.8 Å². The Balaban J connectivity index is 1.55. The summed E-state index contributed by atoms with van der Waals surface area (Å²) in [5.74, 6) is 2.00. The molecule has 124 valence electrons. The third-order valence-corrected chi connectivity index (χ3v) is 5.06. The van der Waals surface area contributed by atoms with Crippen molar-refractivity contribution in [3.05, 3.63) is 34.0 Å². The lowest BCUT2D eigenvalue weighted by atomic mass is 10.1. The summed E-state index contributed by atoms with van der Waals surface area (Å²) in [4.78, 5) is 13.4. The molecule has 1 aliphatic rings. The van der Waals surface area contributed by atoms with Gasteiger partial charge in [0, 0.05) is 17.8 Å². The largest absolute Gasteiger partial charge is 0.350 e. The number of hydrogen-bond donors (Lipinski definition) is 2. The number of amides is 1. The highest BCUT2D eigenvalue weighted by atomic mass is 32.1. The van der Waals surface area contributed by atoms with Crippen LogP contribution in [0.3, 0.4) is 0 Å². The second kappa shape index (κ2) is 7.23. The van der Waals surface area contributed by atoms with E-state index in [0.717, 1.165) is 29.5 Å². The zero-order chi connectivity index (χ0) is 16.2. The van der Waals surface area contributed by atoms with Crippen LogP contribution in [-0.2, 0) is 24.3 Å². The average molecular weight is 333 g/mol. The molecule has 7 heteroatoms. The molecule has 23 heavy (non-hydrogen) atoms. The van der Waals surface area contributed by atoms with E-state index in [0.29, 0.717) is 6.54 Å². The molecule has 0 fully saturated rings. The van der Waals surface area contributed by atoms with Gasteiger partial charge < -0.3 is 9.88 Å². The van der Waals surface area contributed by atoms with E-state index >= 15 is 0 Å². The fourth-order valence-electron chi connectivity index (χ4n) is 2.92. The highest BCUT2D eigenvalue weighted by Gasteiger charge is 2.23. The predicted octanol–water partition coefficient (Wildman–Crippen LogP) is 2.03.